The van der Waals surface area contributed by atoms with Crippen molar-refractivity contribution in [3.8, 4) is 0 Å². The number of hydrogen-bond acceptors (Lipinski definition) is 1. The van der Waals surface area contributed by atoms with Gasteiger partial charge in [0.1, 0.15) is 5.82 Å². The smallest absolute Gasteiger partial charge is 0.125 e. The minimum absolute atomic E-state index is 0.261. The van der Waals surface area contributed by atoms with Crippen LogP contribution in [0.2, 0.25) is 5.02 Å². The molecule has 0 saturated heterocycles. The third-order valence-corrected chi connectivity index (χ3v) is 2.60. The number of hydrogen-bond donors (Lipinski definition) is 1. The lowest BCUT2D eigenvalue weighted by Crippen LogP contribution is -2.17. The Balaban J connectivity index is 2.79. The Hall–Kier alpha value is -0.760. The van der Waals surface area contributed by atoms with Gasteiger partial charge in [0.2, 0.25) is 0 Å². The van der Waals surface area contributed by atoms with Crippen molar-refractivity contribution >= 4 is 17.3 Å². The van der Waals surface area contributed by atoms with Crippen LogP contribution in [-0.2, 0) is 0 Å². The van der Waals surface area contributed by atoms with E-state index in [1.54, 1.807) is 6.07 Å². The van der Waals surface area contributed by atoms with Gasteiger partial charge >= 0.3 is 0 Å². The average molecular weight is 216 g/mol. The van der Waals surface area contributed by atoms with Crippen LogP contribution in [-0.4, -0.2) is 6.04 Å². The Kier molecular flexibility index (Phi) is 4.21. The summed E-state index contributed by atoms with van der Waals surface area (Å²) in [5.41, 5.74) is 0.681. The lowest BCUT2D eigenvalue weighted by Gasteiger charge is -2.17. The number of nitrogens with one attached hydrogen (secondary N) is 1. The highest BCUT2D eigenvalue weighted by Crippen LogP contribution is 2.23. The van der Waals surface area contributed by atoms with Crippen LogP contribution in [0, 0.1) is 5.82 Å². The fraction of sp³-hybridized carbons (Fsp3) is 0.455. The monoisotopic (exact) mass is 215 g/mol. The van der Waals surface area contributed by atoms with Crippen LogP contribution in [0.25, 0.3) is 0 Å². The molecule has 0 aliphatic rings. The predicted molar refractivity (Wildman–Crippen MR) is 59.4 cm³/mol. The fourth-order valence-electron chi connectivity index (χ4n) is 1.32. The van der Waals surface area contributed by atoms with E-state index >= 15 is 0 Å². The molecule has 0 unspecified atom stereocenters. The van der Waals surface area contributed by atoms with E-state index in [1.165, 1.54) is 12.1 Å². The first-order valence-corrected chi connectivity index (χ1v) is 5.26. The van der Waals surface area contributed by atoms with Gasteiger partial charge in [0.05, 0.1) is 10.7 Å². The molecule has 1 aromatic carbocycles. The van der Waals surface area contributed by atoms with Crippen LogP contribution < -0.4 is 5.32 Å². The van der Waals surface area contributed by atoms with Crippen LogP contribution >= 0.6 is 11.6 Å². The van der Waals surface area contributed by atoms with Gasteiger partial charge in [0, 0.05) is 6.04 Å². The molecule has 0 heterocycles. The minimum Gasteiger partial charge on any atom is -0.381 e. The molecule has 1 rings (SSSR count). The zero-order valence-electron chi connectivity index (χ0n) is 8.48. The summed E-state index contributed by atoms with van der Waals surface area (Å²) >= 11 is 5.93. The normalized spacial score (nSPS) is 10.6. The molecule has 0 saturated carbocycles. The van der Waals surface area contributed by atoms with Crippen LogP contribution in [0.5, 0.6) is 0 Å². The second kappa shape index (κ2) is 5.20. The summed E-state index contributed by atoms with van der Waals surface area (Å²) in [4.78, 5) is 0. The first-order valence-electron chi connectivity index (χ1n) is 4.89. The summed E-state index contributed by atoms with van der Waals surface area (Å²) in [6, 6.07) is 4.72. The standard InChI is InChI=1S/C11H15ClFN/c1-3-9(4-2)14-11-7-8(13)5-6-10(11)12/h5-7,9,14H,3-4H2,1-2H3. The van der Waals surface area contributed by atoms with Crippen molar-refractivity contribution in [1.29, 1.82) is 0 Å². The summed E-state index contributed by atoms with van der Waals surface area (Å²) in [5, 5.41) is 3.78. The van der Waals surface area contributed by atoms with Gasteiger partial charge in [-0.3, -0.25) is 0 Å². The largest absolute Gasteiger partial charge is 0.381 e. The van der Waals surface area contributed by atoms with Crippen LogP contribution in [0.1, 0.15) is 26.7 Å². The van der Waals surface area contributed by atoms with Crippen LogP contribution in [0.3, 0.4) is 0 Å². The molecule has 0 aromatic heterocycles. The van der Waals surface area contributed by atoms with Gasteiger partial charge in [-0.1, -0.05) is 25.4 Å². The lowest BCUT2D eigenvalue weighted by atomic mass is 10.1. The molecule has 78 valence electrons. The summed E-state index contributed by atoms with van der Waals surface area (Å²) in [5.74, 6) is -0.261. The second-order valence-corrected chi connectivity index (χ2v) is 3.69. The van der Waals surface area contributed by atoms with E-state index < -0.39 is 0 Å². The molecule has 0 fully saturated rings. The van der Waals surface area contributed by atoms with Crippen molar-refractivity contribution < 1.29 is 4.39 Å². The summed E-state index contributed by atoms with van der Waals surface area (Å²) in [6.07, 6.45) is 2.01. The summed E-state index contributed by atoms with van der Waals surface area (Å²) in [7, 11) is 0. The maximum Gasteiger partial charge on any atom is 0.125 e. The van der Waals surface area contributed by atoms with Crippen molar-refractivity contribution in [2.45, 2.75) is 32.7 Å². The maximum atomic E-state index is 12.9. The van der Waals surface area contributed by atoms with Crippen molar-refractivity contribution in [1.82, 2.24) is 0 Å². The average Bonchev–Trinajstić information content (AvgIpc) is 2.19. The van der Waals surface area contributed by atoms with E-state index in [0.717, 1.165) is 12.8 Å². The third kappa shape index (κ3) is 2.88. The molecule has 0 atom stereocenters. The number of anilines is 1. The Morgan fingerprint density at radius 3 is 2.57 bits per heavy atom. The second-order valence-electron chi connectivity index (χ2n) is 3.28. The SMILES string of the molecule is CCC(CC)Nc1cc(F)ccc1Cl. The van der Waals surface area contributed by atoms with Gasteiger partial charge in [-0.05, 0) is 31.0 Å². The molecule has 1 nitrogen and oxygen atoms in total. The Bertz CT molecular complexity index is 297. The van der Waals surface area contributed by atoms with E-state index in [-0.39, 0.29) is 5.82 Å². The molecule has 0 amide bonds. The summed E-state index contributed by atoms with van der Waals surface area (Å²) < 4.78 is 12.9. The molecule has 0 radical (unpaired) electrons. The van der Waals surface area contributed by atoms with Gasteiger partial charge in [0.15, 0.2) is 0 Å². The number of rotatable bonds is 4. The van der Waals surface area contributed by atoms with E-state index in [0.29, 0.717) is 16.8 Å². The molecule has 3 heteroatoms. The molecular formula is C11H15ClFN. The first-order chi connectivity index (χ1) is 6.67. The Morgan fingerprint density at radius 1 is 1.36 bits per heavy atom. The van der Waals surface area contributed by atoms with Crippen molar-refractivity contribution in [2.75, 3.05) is 5.32 Å². The molecule has 0 spiro atoms. The highest BCUT2D eigenvalue weighted by atomic mass is 35.5. The Labute approximate surface area is 89.3 Å². The first kappa shape index (κ1) is 11.3. The van der Waals surface area contributed by atoms with E-state index in [2.05, 4.69) is 19.2 Å². The molecule has 14 heavy (non-hydrogen) atoms. The van der Waals surface area contributed by atoms with Crippen molar-refractivity contribution in [3.63, 3.8) is 0 Å². The molecule has 1 aromatic rings. The minimum atomic E-state index is -0.261. The van der Waals surface area contributed by atoms with E-state index in [1.807, 2.05) is 0 Å². The number of halogens is 2. The van der Waals surface area contributed by atoms with Gasteiger partial charge in [-0.15, -0.1) is 0 Å². The molecular weight excluding hydrogens is 201 g/mol. The molecule has 1 N–H and O–H groups in total. The van der Waals surface area contributed by atoms with Crippen molar-refractivity contribution in [2.24, 2.45) is 0 Å². The fourth-order valence-corrected chi connectivity index (χ4v) is 1.49. The molecule has 0 aliphatic carbocycles. The maximum absolute atomic E-state index is 12.9. The van der Waals surface area contributed by atoms with Gasteiger partial charge < -0.3 is 5.32 Å². The van der Waals surface area contributed by atoms with Crippen LogP contribution in [0.15, 0.2) is 18.2 Å². The lowest BCUT2D eigenvalue weighted by molar-refractivity contribution is 0.626. The van der Waals surface area contributed by atoms with E-state index in [4.69, 9.17) is 11.6 Å². The molecule has 0 bridgehead atoms. The van der Waals surface area contributed by atoms with Gasteiger partial charge in [0.25, 0.3) is 0 Å². The highest BCUT2D eigenvalue weighted by molar-refractivity contribution is 6.33. The van der Waals surface area contributed by atoms with Gasteiger partial charge in [-0.25, -0.2) is 4.39 Å². The number of benzene rings is 1. The predicted octanol–water partition coefficient (Wildman–Crippen LogP) is 4.08. The zero-order chi connectivity index (χ0) is 10.6. The van der Waals surface area contributed by atoms with Crippen LogP contribution in [0.4, 0.5) is 10.1 Å². The highest BCUT2D eigenvalue weighted by Gasteiger charge is 2.06. The molecule has 0 aliphatic heterocycles. The quantitative estimate of drug-likeness (QED) is 0.798. The topological polar surface area (TPSA) is 12.0 Å². The summed E-state index contributed by atoms with van der Waals surface area (Å²) in [6.45, 7) is 4.18. The van der Waals surface area contributed by atoms with E-state index in [9.17, 15) is 4.39 Å². The van der Waals surface area contributed by atoms with Gasteiger partial charge in [-0.2, -0.15) is 0 Å². The Morgan fingerprint density at radius 2 is 2.00 bits per heavy atom. The third-order valence-electron chi connectivity index (χ3n) is 2.27. The van der Waals surface area contributed by atoms with Crippen molar-refractivity contribution in [3.05, 3.63) is 29.0 Å². The zero-order valence-corrected chi connectivity index (χ0v) is 9.24.